The summed E-state index contributed by atoms with van der Waals surface area (Å²) in [6, 6.07) is 20.5. The van der Waals surface area contributed by atoms with Gasteiger partial charge in [0.1, 0.15) is 5.69 Å². The van der Waals surface area contributed by atoms with Crippen molar-refractivity contribution in [3.05, 3.63) is 88.1 Å². The number of amides is 1. The molecule has 0 radical (unpaired) electrons. The first-order chi connectivity index (χ1) is 20.7. The van der Waals surface area contributed by atoms with Crippen LogP contribution in [0.15, 0.2) is 72.1 Å². The van der Waals surface area contributed by atoms with Gasteiger partial charge < -0.3 is 24.3 Å². The summed E-state index contributed by atoms with van der Waals surface area (Å²) in [5.74, 6) is 0.901. The second-order valence-corrected chi connectivity index (χ2v) is 10.7. The van der Waals surface area contributed by atoms with E-state index in [0.29, 0.717) is 50.2 Å². The van der Waals surface area contributed by atoms with Gasteiger partial charge in [-0.05, 0) is 72.3 Å². The molecule has 0 atom stereocenters. The molecule has 1 N–H and O–H groups in total. The summed E-state index contributed by atoms with van der Waals surface area (Å²) >= 11 is 1.37. The number of carbonyl (C=O) groups excluding carboxylic acids is 2. The summed E-state index contributed by atoms with van der Waals surface area (Å²) < 4.78 is 24.3. The Labute approximate surface area is 253 Å². The molecule has 0 bridgehead atoms. The fourth-order valence-electron chi connectivity index (χ4n) is 4.74. The minimum Gasteiger partial charge on any atom is -0.493 e. The molecule has 0 aliphatic carbocycles. The molecule has 2 heterocycles. The number of aromatic nitrogens is 2. The molecule has 10 heteroatoms. The smallest absolute Gasteiger partial charge is 0.309 e. The van der Waals surface area contributed by atoms with Crippen LogP contribution in [0.3, 0.4) is 0 Å². The summed E-state index contributed by atoms with van der Waals surface area (Å²) in [6.07, 6.45) is 0. The van der Waals surface area contributed by atoms with Crippen molar-refractivity contribution < 1.29 is 28.5 Å². The summed E-state index contributed by atoms with van der Waals surface area (Å²) in [7, 11) is 4.63. The third kappa shape index (κ3) is 5.96. The van der Waals surface area contributed by atoms with Crippen molar-refractivity contribution in [3.63, 3.8) is 0 Å². The number of carbonyl (C=O) groups is 2. The van der Waals surface area contributed by atoms with Gasteiger partial charge in [-0.3, -0.25) is 9.59 Å². The number of nitrogens with one attached hydrogen (secondary N) is 1. The number of thiophene rings is 1. The van der Waals surface area contributed by atoms with Gasteiger partial charge in [-0.25, -0.2) is 0 Å². The largest absolute Gasteiger partial charge is 0.493 e. The highest BCUT2D eigenvalue weighted by atomic mass is 32.1. The lowest BCUT2D eigenvalue weighted by atomic mass is 10.00. The molecule has 0 spiro atoms. The fraction of sp³-hybridized carbons (Fsp3) is 0.182. The molecule has 5 rings (SSSR count). The molecule has 220 valence electrons. The molecule has 0 saturated carbocycles. The Kier molecular flexibility index (Phi) is 8.49. The predicted octanol–water partition coefficient (Wildman–Crippen LogP) is 7.09. The standard InChI is InChI=1S/C33H31N3O6S/c1-19-9-10-20(2)25(16-19)36-33(42-21(3)37)29(22-11-13-24(14-12-22)34-32(38)28-8-7-15-43-28)30(35-36)23-17-26(39-4)31(41-6)27(18-23)40-5/h7-18H,1-6H3,(H,34,38). The summed E-state index contributed by atoms with van der Waals surface area (Å²) in [5, 5.41) is 9.79. The van der Waals surface area contributed by atoms with Crippen LogP contribution in [-0.2, 0) is 4.79 Å². The zero-order valence-corrected chi connectivity index (χ0v) is 25.5. The van der Waals surface area contributed by atoms with Crippen LogP contribution in [-0.4, -0.2) is 43.0 Å². The van der Waals surface area contributed by atoms with Crippen LogP contribution < -0.4 is 24.3 Å². The molecule has 1 amide bonds. The van der Waals surface area contributed by atoms with Crippen molar-refractivity contribution in [1.29, 1.82) is 0 Å². The van der Waals surface area contributed by atoms with Crippen molar-refractivity contribution in [1.82, 2.24) is 9.78 Å². The molecule has 9 nitrogen and oxygen atoms in total. The molecule has 43 heavy (non-hydrogen) atoms. The highest BCUT2D eigenvalue weighted by Crippen LogP contribution is 2.46. The van der Waals surface area contributed by atoms with E-state index in [-0.39, 0.29) is 11.8 Å². The molecular formula is C33H31N3O6S. The molecule has 0 aliphatic rings. The second kappa shape index (κ2) is 12.4. The Bertz CT molecular complexity index is 1770. The van der Waals surface area contributed by atoms with Crippen LogP contribution >= 0.6 is 11.3 Å². The van der Waals surface area contributed by atoms with Gasteiger partial charge in [-0.1, -0.05) is 30.3 Å². The first kappa shape index (κ1) is 29.4. The van der Waals surface area contributed by atoms with E-state index in [0.717, 1.165) is 16.8 Å². The quantitative estimate of drug-likeness (QED) is 0.181. The van der Waals surface area contributed by atoms with Gasteiger partial charge in [0.2, 0.25) is 11.6 Å². The minimum atomic E-state index is -0.496. The first-order valence-electron chi connectivity index (χ1n) is 13.4. The Morgan fingerprint density at radius 2 is 1.56 bits per heavy atom. The van der Waals surface area contributed by atoms with Gasteiger partial charge >= 0.3 is 5.97 Å². The maximum Gasteiger partial charge on any atom is 0.309 e. The highest BCUT2D eigenvalue weighted by molar-refractivity contribution is 7.12. The summed E-state index contributed by atoms with van der Waals surface area (Å²) in [4.78, 5) is 25.7. The zero-order valence-electron chi connectivity index (χ0n) is 24.7. The SMILES string of the molecule is COc1cc(-c2nn(-c3cc(C)ccc3C)c(OC(C)=O)c2-c2ccc(NC(=O)c3cccs3)cc2)cc(OC)c1OC. The van der Waals surface area contributed by atoms with Gasteiger partial charge in [-0.2, -0.15) is 9.78 Å². The number of hydrogen-bond donors (Lipinski definition) is 1. The molecule has 0 fully saturated rings. The molecule has 2 aromatic heterocycles. The number of benzene rings is 3. The van der Waals surface area contributed by atoms with E-state index in [9.17, 15) is 9.59 Å². The molecule has 5 aromatic rings. The Morgan fingerprint density at radius 3 is 2.14 bits per heavy atom. The van der Waals surface area contributed by atoms with Crippen LogP contribution in [0.25, 0.3) is 28.1 Å². The van der Waals surface area contributed by atoms with Gasteiger partial charge in [0.15, 0.2) is 11.5 Å². The lowest BCUT2D eigenvalue weighted by molar-refractivity contribution is -0.132. The molecule has 0 saturated heterocycles. The lowest BCUT2D eigenvalue weighted by Gasteiger charge is -2.14. The van der Waals surface area contributed by atoms with Crippen molar-refractivity contribution >= 4 is 28.9 Å². The number of methoxy groups -OCH3 is 3. The van der Waals surface area contributed by atoms with Crippen LogP contribution in [0, 0.1) is 13.8 Å². The van der Waals surface area contributed by atoms with Gasteiger partial charge in [0.05, 0.1) is 37.5 Å². The van der Waals surface area contributed by atoms with Crippen LogP contribution in [0.2, 0.25) is 0 Å². The summed E-state index contributed by atoms with van der Waals surface area (Å²) in [5.41, 5.74) is 5.79. The molecule has 0 unspecified atom stereocenters. The van der Waals surface area contributed by atoms with Gasteiger partial charge in [-0.15, -0.1) is 11.3 Å². The average Bonchev–Trinajstić information content (AvgIpc) is 3.67. The summed E-state index contributed by atoms with van der Waals surface area (Å²) in [6.45, 7) is 5.31. The molecular weight excluding hydrogens is 566 g/mol. The van der Waals surface area contributed by atoms with E-state index >= 15 is 0 Å². The second-order valence-electron chi connectivity index (χ2n) is 9.75. The van der Waals surface area contributed by atoms with E-state index in [4.69, 9.17) is 24.0 Å². The normalized spacial score (nSPS) is 10.7. The monoisotopic (exact) mass is 597 g/mol. The van der Waals surface area contributed by atoms with Crippen LogP contribution in [0.1, 0.15) is 27.7 Å². The number of aryl methyl sites for hydroxylation is 2. The Balaban J connectivity index is 1.74. The third-order valence-electron chi connectivity index (χ3n) is 6.79. The van der Waals surface area contributed by atoms with Gasteiger partial charge in [0.25, 0.3) is 5.91 Å². The first-order valence-corrected chi connectivity index (χ1v) is 14.3. The topological polar surface area (TPSA) is 101 Å². The van der Waals surface area contributed by atoms with Gasteiger partial charge in [0, 0.05) is 18.2 Å². The Hall–Kier alpha value is -5.09. The number of nitrogens with zero attached hydrogens (tertiary/aromatic N) is 2. The Morgan fingerprint density at radius 1 is 0.860 bits per heavy atom. The average molecular weight is 598 g/mol. The minimum absolute atomic E-state index is 0.191. The van der Waals surface area contributed by atoms with E-state index in [1.165, 1.54) is 25.4 Å². The number of rotatable bonds is 9. The van der Waals surface area contributed by atoms with Crippen molar-refractivity contribution in [2.24, 2.45) is 0 Å². The predicted molar refractivity (Wildman–Crippen MR) is 167 cm³/mol. The van der Waals surface area contributed by atoms with E-state index < -0.39 is 5.97 Å². The number of anilines is 1. The number of hydrogen-bond acceptors (Lipinski definition) is 8. The van der Waals surface area contributed by atoms with E-state index in [2.05, 4.69) is 5.32 Å². The van der Waals surface area contributed by atoms with Crippen molar-refractivity contribution in [2.45, 2.75) is 20.8 Å². The maximum absolute atomic E-state index is 12.6. The van der Waals surface area contributed by atoms with Crippen LogP contribution in [0.4, 0.5) is 5.69 Å². The van der Waals surface area contributed by atoms with E-state index in [1.54, 1.807) is 49.2 Å². The lowest BCUT2D eigenvalue weighted by Crippen LogP contribution is -2.10. The van der Waals surface area contributed by atoms with Crippen molar-refractivity contribution in [3.8, 4) is 51.2 Å². The maximum atomic E-state index is 12.6. The van der Waals surface area contributed by atoms with E-state index in [1.807, 2.05) is 55.6 Å². The fourth-order valence-corrected chi connectivity index (χ4v) is 5.36. The zero-order chi connectivity index (χ0) is 30.7. The van der Waals surface area contributed by atoms with Crippen LogP contribution in [0.5, 0.6) is 23.1 Å². The van der Waals surface area contributed by atoms with Crippen molar-refractivity contribution in [2.75, 3.05) is 26.6 Å². The molecule has 0 aliphatic heterocycles. The molecule has 3 aromatic carbocycles. The number of esters is 1. The third-order valence-corrected chi connectivity index (χ3v) is 7.66. The highest BCUT2D eigenvalue weighted by Gasteiger charge is 2.27. The number of ether oxygens (including phenoxy) is 4.